The van der Waals surface area contributed by atoms with Crippen molar-refractivity contribution in [3.05, 3.63) is 0 Å². The van der Waals surface area contributed by atoms with Crippen molar-refractivity contribution in [1.82, 2.24) is 0 Å². The van der Waals surface area contributed by atoms with Gasteiger partial charge >= 0.3 is 0 Å². The Morgan fingerprint density at radius 1 is 0.938 bits per heavy atom. The lowest BCUT2D eigenvalue weighted by molar-refractivity contribution is -0.0314. The summed E-state index contributed by atoms with van der Waals surface area (Å²) in [5, 5.41) is 0. The Bertz CT molecular complexity index is 138. The second-order valence-corrected chi connectivity index (χ2v) is 3.08. The van der Waals surface area contributed by atoms with Gasteiger partial charge in [0.2, 0.25) is 0 Å². The molecule has 16 heavy (non-hydrogen) atoms. The topological polar surface area (TPSA) is 89.0 Å². The predicted octanol–water partition coefficient (Wildman–Crippen LogP) is -0.684. The van der Waals surface area contributed by atoms with Crippen LogP contribution in [0.15, 0.2) is 0 Å². The Kier molecular flexibility index (Phi) is 12.6. The van der Waals surface area contributed by atoms with Gasteiger partial charge in [0, 0.05) is 13.2 Å². The maximum atomic E-state index is 5.58. The van der Waals surface area contributed by atoms with Gasteiger partial charge in [-0.3, -0.25) is 0 Å². The van der Waals surface area contributed by atoms with E-state index in [4.69, 9.17) is 30.4 Å². The molecule has 6 heteroatoms. The molecule has 1 unspecified atom stereocenters. The molecule has 0 bridgehead atoms. The summed E-state index contributed by atoms with van der Waals surface area (Å²) in [7, 11) is 0. The van der Waals surface area contributed by atoms with E-state index in [1.54, 1.807) is 0 Å². The molecule has 0 aromatic carbocycles. The molecule has 98 valence electrons. The van der Waals surface area contributed by atoms with E-state index >= 15 is 0 Å². The molecule has 1 atom stereocenters. The first kappa shape index (κ1) is 15.8. The van der Waals surface area contributed by atoms with E-state index in [-0.39, 0.29) is 0 Å². The van der Waals surface area contributed by atoms with Gasteiger partial charge in [-0.15, -0.1) is 0 Å². The zero-order chi connectivity index (χ0) is 12.1. The van der Waals surface area contributed by atoms with Gasteiger partial charge in [0.15, 0.2) is 0 Å². The highest BCUT2D eigenvalue weighted by atomic mass is 16.6. The van der Waals surface area contributed by atoms with Gasteiger partial charge < -0.3 is 30.4 Å². The fraction of sp³-hybridized carbons (Fsp3) is 1.00. The Hall–Kier alpha value is -0.240. The molecule has 0 fully saturated rings. The molecular weight excluding hydrogens is 212 g/mol. The summed E-state index contributed by atoms with van der Waals surface area (Å²) >= 11 is 0. The standard InChI is InChI=1S/C10H24N2O4/c1-2-13-5-6-14-7-8-15-9-10(12)16-4-3-11/h10H,2-9,11-12H2,1H3. The Labute approximate surface area is 97.2 Å². The molecule has 0 aromatic rings. The predicted molar refractivity (Wildman–Crippen MR) is 61.1 cm³/mol. The lowest BCUT2D eigenvalue weighted by Crippen LogP contribution is -2.32. The van der Waals surface area contributed by atoms with Crippen LogP contribution < -0.4 is 11.5 Å². The molecule has 0 aliphatic carbocycles. The SMILES string of the molecule is CCOCCOCCOCC(N)OCCN. The van der Waals surface area contributed by atoms with Crippen LogP contribution in [0.5, 0.6) is 0 Å². The normalized spacial score (nSPS) is 12.9. The van der Waals surface area contributed by atoms with Crippen LogP contribution in [0, 0.1) is 0 Å². The van der Waals surface area contributed by atoms with E-state index in [2.05, 4.69) is 0 Å². The van der Waals surface area contributed by atoms with Gasteiger partial charge in [0.25, 0.3) is 0 Å². The molecule has 0 aromatic heterocycles. The van der Waals surface area contributed by atoms with Gasteiger partial charge in [-0.2, -0.15) is 0 Å². The van der Waals surface area contributed by atoms with Crippen molar-refractivity contribution in [2.24, 2.45) is 11.5 Å². The second kappa shape index (κ2) is 12.8. The molecule has 0 amide bonds. The number of ether oxygens (including phenoxy) is 4. The van der Waals surface area contributed by atoms with Crippen molar-refractivity contribution >= 4 is 0 Å². The fourth-order valence-corrected chi connectivity index (χ4v) is 0.949. The highest BCUT2D eigenvalue weighted by Crippen LogP contribution is 1.86. The minimum Gasteiger partial charge on any atom is -0.379 e. The van der Waals surface area contributed by atoms with Crippen molar-refractivity contribution in [2.75, 3.05) is 52.8 Å². The maximum Gasteiger partial charge on any atom is 0.129 e. The van der Waals surface area contributed by atoms with Crippen molar-refractivity contribution < 1.29 is 18.9 Å². The van der Waals surface area contributed by atoms with Crippen LogP contribution in [0.25, 0.3) is 0 Å². The van der Waals surface area contributed by atoms with Crippen molar-refractivity contribution in [1.29, 1.82) is 0 Å². The molecule has 6 nitrogen and oxygen atoms in total. The van der Waals surface area contributed by atoms with E-state index in [9.17, 15) is 0 Å². The lowest BCUT2D eigenvalue weighted by atomic mass is 10.6. The smallest absolute Gasteiger partial charge is 0.129 e. The second-order valence-electron chi connectivity index (χ2n) is 3.08. The summed E-state index contributed by atoms with van der Waals surface area (Å²) in [6, 6.07) is 0. The van der Waals surface area contributed by atoms with Crippen LogP contribution in [0.1, 0.15) is 6.92 Å². The summed E-state index contributed by atoms with van der Waals surface area (Å²) in [4.78, 5) is 0. The van der Waals surface area contributed by atoms with Gasteiger partial charge in [-0.25, -0.2) is 0 Å². The van der Waals surface area contributed by atoms with Gasteiger partial charge in [-0.1, -0.05) is 0 Å². The monoisotopic (exact) mass is 236 g/mol. The van der Waals surface area contributed by atoms with Crippen molar-refractivity contribution in [3.63, 3.8) is 0 Å². The number of rotatable bonds is 12. The fourth-order valence-electron chi connectivity index (χ4n) is 0.949. The van der Waals surface area contributed by atoms with E-state index in [1.807, 2.05) is 6.92 Å². The zero-order valence-electron chi connectivity index (χ0n) is 10.0. The maximum absolute atomic E-state index is 5.58. The first-order valence-electron chi connectivity index (χ1n) is 5.61. The molecule has 0 saturated heterocycles. The third-order valence-corrected chi connectivity index (χ3v) is 1.68. The van der Waals surface area contributed by atoms with Crippen molar-refractivity contribution in [3.8, 4) is 0 Å². The molecule has 0 radical (unpaired) electrons. The highest BCUT2D eigenvalue weighted by molar-refractivity contribution is 4.45. The minimum atomic E-state index is -0.410. The van der Waals surface area contributed by atoms with Crippen LogP contribution in [0.4, 0.5) is 0 Å². The van der Waals surface area contributed by atoms with Gasteiger partial charge in [-0.05, 0) is 6.92 Å². The van der Waals surface area contributed by atoms with Crippen LogP contribution in [0.3, 0.4) is 0 Å². The third-order valence-electron chi connectivity index (χ3n) is 1.68. The largest absolute Gasteiger partial charge is 0.379 e. The molecule has 0 saturated carbocycles. The number of hydrogen-bond donors (Lipinski definition) is 2. The Balaban J connectivity index is 3.02. The Morgan fingerprint density at radius 3 is 2.19 bits per heavy atom. The van der Waals surface area contributed by atoms with E-state index in [1.165, 1.54) is 0 Å². The van der Waals surface area contributed by atoms with E-state index < -0.39 is 6.23 Å². The van der Waals surface area contributed by atoms with Crippen LogP contribution in [0.2, 0.25) is 0 Å². The van der Waals surface area contributed by atoms with Crippen molar-refractivity contribution in [2.45, 2.75) is 13.2 Å². The minimum absolute atomic E-state index is 0.356. The third kappa shape index (κ3) is 11.8. The highest BCUT2D eigenvalue weighted by Gasteiger charge is 2.01. The van der Waals surface area contributed by atoms with Crippen LogP contribution >= 0.6 is 0 Å². The number of hydrogen-bond acceptors (Lipinski definition) is 6. The van der Waals surface area contributed by atoms with Crippen LogP contribution in [-0.2, 0) is 18.9 Å². The average molecular weight is 236 g/mol. The lowest BCUT2D eigenvalue weighted by Gasteiger charge is -2.12. The molecule has 0 heterocycles. The molecule has 0 aliphatic heterocycles. The van der Waals surface area contributed by atoms with E-state index in [0.29, 0.717) is 52.8 Å². The summed E-state index contributed by atoms with van der Waals surface area (Å²) in [5.74, 6) is 0. The number of nitrogens with two attached hydrogens (primary N) is 2. The zero-order valence-corrected chi connectivity index (χ0v) is 10.0. The molecule has 0 spiro atoms. The van der Waals surface area contributed by atoms with E-state index in [0.717, 1.165) is 0 Å². The van der Waals surface area contributed by atoms with Crippen LogP contribution in [-0.4, -0.2) is 59.0 Å². The summed E-state index contributed by atoms with van der Waals surface area (Å²) in [6.07, 6.45) is -0.410. The summed E-state index contributed by atoms with van der Waals surface area (Å²) in [5.41, 5.74) is 10.8. The first-order chi connectivity index (χ1) is 7.81. The average Bonchev–Trinajstić information content (AvgIpc) is 2.30. The molecule has 4 N–H and O–H groups in total. The quantitative estimate of drug-likeness (QED) is 0.344. The van der Waals surface area contributed by atoms with Gasteiger partial charge in [0.05, 0.1) is 39.6 Å². The Morgan fingerprint density at radius 2 is 1.56 bits per heavy atom. The van der Waals surface area contributed by atoms with Gasteiger partial charge in [0.1, 0.15) is 6.23 Å². The first-order valence-corrected chi connectivity index (χ1v) is 5.61. The summed E-state index contributed by atoms with van der Waals surface area (Å²) < 4.78 is 20.7. The molecular formula is C10H24N2O4. The molecule has 0 rings (SSSR count). The summed E-state index contributed by atoms with van der Waals surface area (Å²) in [6.45, 7) is 6.20. The molecule has 0 aliphatic rings.